The molecule has 1 aliphatic heterocycles. The summed E-state index contributed by atoms with van der Waals surface area (Å²) in [5.41, 5.74) is 0.382. The molecule has 0 aromatic heterocycles. The maximum absolute atomic E-state index is 13.2. The second-order valence-corrected chi connectivity index (χ2v) is 5.95. The summed E-state index contributed by atoms with van der Waals surface area (Å²) in [5, 5.41) is 0. The standard InChI is InChI=1S/C19H20F2N2O2/c20-16-4-6-18(7-5-16)25-13-12-22-8-10-23(11-9-22)19(24)15-2-1-3-17(21)14-15/h1-7,14H,8-13H2. The van der Waals surface area contributed by atoms with Crippen molar-refractivity contribution in [3.8, 4) is 5.75 Å². The average Bonchev–Trinajstić information content (AvgIpc) is 2.63. The van der Waals surface area contributed by atoms with Crippen LogP contribution < -0.4 is 4.74 Å². The van der Waals surface area contributed by atoms with Gasteiger partial charge in [0.2, 0.25) is 0 Å². The van der Waals surface area contributed by atoms with Gasteiger partial charge in [-0.2, -0.15) is 0 Å². The van der Waals surface area contributed by atoms with Crippen LogP contribution >= 0.6 is 0 Å². The van der Waals surface area contributed by atoms with Crippen LogP contribution in [-0.2, 0) is 0 Å². The van der Waals surface area contributed by atoms with Crippen LogP contribution in [0.15, 0.2) is 48.5 Å². The SMILES string of the molecule is O=C(c1cccc(F)c1)N1CCN(CCOc2ccc(F)cc2)CC1. The zero-order chi connectivity index (χ0) is 17.6. The first kappa shape index (κ1) is 17.4. The van der Waals surface area contributed by atoms with Gasteiger partial charge < -0.3 is 9.64 Å². The van der Waals surface area contributed by atoms with Crippen LogP contribution in [0, 0.1) is 11.6 Å². The first-order valence-electron chi connectivity index (χ1n) is 8.27. The summed E-state index contributed by atoms with van der Waals surface area (Å²) in [4.78, 5) is 16.3. The van der Waals surface area contributed by atoms with Crippen LogP contribution in [0.2, 0.25) is 0 Å². The van der Waals surface area contributed by atoms with E-state index < -0.39 is 5.82 Å². The van der Waals surface area contributed by atoms with Gasteiger partial charge in [-0.15, -0.1) is 0 Å². The molecule has 4 nitrogen and oxygen atoms in total. The number of hydrogen-bond donors (Lipinski definition) is 0. The number of amides is 1. The molecule has 1 heterocycles. The van der Waals surface area contributed by atoms with Crippen LogP contribution in [-0.4, -0.2) is 55.0 Å². The van der Waals surface area contributed by atoms with Crippen LogP contribution in [0.25, 0.3) is 0 Å². The second-order valence-electron chi connectivity index (χ2n) is 5.95. The number of ether oxygens (including phenoxy) is 1. The number of rotatable bonds is 5. The molecular weight excluding hydrogens is 326 g/mol. The highest BCUT2D eigenvalue weighted by molar-refractivity contribution is 5.94. The molecule has 2 aromatic rings. The molecule has 132 valence electrons. The number of carbonyl (C=O) groups is 1. The average molecular weight is 346 g/mol. The highest BCUT2D eigenvalue weighted by Crippen LogP contribution is 2.12. The van der Waals surface area contributed by atoms with E-state index in [-0.39, 0.29) is 11.7 Å². The fourth-order valence-electron chi connectivity index (χ4n) is 2.80. The van der Waals surface area contributed by atoms with Crippen molar-refractivity contribution >= 4 is 5.91 Å². The van der Waals surface area contributed by atoms with E-state index in [0.29, 0.717) is 31.0 Å². The molecule has 0 N–H and O–H groups in total. The van der Waals surface area contributed by atoms with Gasteiger partial charge in [0.05, 0.1) is 0 Å². The maximum Gasteiger partial charge on any atom is 0.254 e. The van der Waals surface area contributed by atoms with Crippen molar-refractivity contribution in [2.45, 2.75) is 0 Å². The predicted molar refractivity (Wildman–Crippen MR) is 90.6 cm³/mol. The van der Waals surface area contributed by atoms with E-state index in [4.69, 9.17) is 4.74 Å². The van der Waals surface area contributed by atoms with Crippen molar-refractivity contribution < 1.29 is 18.3 Å². The maximum atomic E-state index is 13.2. The summed E-state index contributed by atoms with van der Waals surface area (Å²) in [6.45, 7) is 3.93. The lowest BCUT2D eigenvalue weighted by Gasteiger charge is -2.34. The van der Waals surface area contributed by atoms with Gasteiger partial charge in [0.1, 0.15) is 24.0 Å². The Labute approximate surface area is 145 Å². The molecule has 0 bridgehead atoms. The molecule has 1 aliphatic rings. The minimum absolute atomic E-state index is 0.137. The summed E-state index contributed by atoms with van der Waals surface area (Å²) in [6, 6.07) is 11.7. The molecule has 1 fully saturated rings. The summed E-state index contributed by atoms with van der Waals surface area (Å²) < 4.78 is 31.7. The van der Waals surface area contributed by atoms with Crippen molar-refractivity contribution in [1.29, 1.82) is 0 Å². The van der Waals surface area contributed by atoms with Gasteiger partial charge in [0.25, 0.3) is 5.91 Å². The minimum atomic E-state index is -0.401. The van der Waals surface area contributed by atoms with Crippen LogP contribution in [0.5, 0.6) is 5.75 Å². The van der Waals surface area contributed by atoms with Crippen molar-refractivity contribution in [2.75, 3.05) is 39.3 Å². The third-order valence-corrected chi connectivity index (χ3v) is 4.22. The van der Waals surface area contributed by atoms with Gasteiger partial charge in [-0.05, 0) is 42.5 Å². The molecule has 0 unspecified atom stereocenters. The quantitative estimate of drug-likeness (QED) is 0.835. The van der Waals surface area contributed by atoms with Gasteiger partial charge in [0.15, 0.2) is 0 Å². The molecule has 0 radical (unpaired) electrons. The molecule has 25 heavy (non-hydrogen) atoms. The Balaban J connectivity index is 1.42. The molecule has 6 heteroatoms. The van der Waals surface area contributed by atoms with E-state index in [1.807, 2.05) is 0 Å². The lowest BCUT2D eigenvalue weighted by molar-refractivity contribution is 0.0620. The first-order valence-corrected chi connectivity index (χ1v) is 8.27. The van der Waals surface area contributed by atoms with E-state index in [0.717, 1.165) is 19.6 Å². The van der Waals surface area contributed by atoms with Gasteiger partial charge in [0, 0.05) is 38.3 Å². The molecular formula is C19H20F2N2O2. The smallest absolute Gasteiger partial charge is 0.254 e. The Kier molecular flexibility index (Phi) is 5.60. The number of halogens is 2. The summed E-state index contributed by atoms with van der Waals surface area (Å²) in [7, 11) is 0. The van der Waals surface area contributed by atoms with E-state index in [9.17, 15) is 13.6 Å². The van der Waals surface area contributed by atoms with Gasteiger partial charge in [-0.25, -0.2) is 8.78 Å². The summed E-state index contributed by atoms with van der Waals surface area (Å²) in [5.74, 6) is -0.183. The zero-order valence-corrected chi connectivity index (χ0v) is 13.8. The topological polar surface area (TPSA) is 32.8 Å². The predicted octanol–water partition coefficient (Wildman–Crippen LogP) is 2.80. The molecule has 3 rings (SSSR count). The first-order chi connectivity index (χ1) is 12.1. The Morgan fingerprint density at radius 2 is 1.68 bits per heavy atom. The third-order valence-electron chi connectivity index (χ3n) is 4.22. The highest BCUT2D eigenvalue weighted by atomic mass is 19.1. The normalized spacial score (nSPS) is 15.2. The van der Waals surface area contributed by atoms with Crippen molar-refractivity contribution in [2.24, 2.45) is 0 Å². The molecule has 0 saturated carbocycles. The van der Waals surface area contributed by atoms with Crippen LogP contribution in [0.1, 0.15) is 10.4 Å². The van der Waals surface area contributed by atoms with Crippen molar-refractivity contribution in [3.63, 3.8) is 0 Å². The van der Waals surface area contributed by atoms with Gasteiger partial charge in [-0.3, -0.25) is 9.69 Å². The van der Waals surface area contributed by atoms with E-state index in [1.165, 1.54) is 24.3 Å². The molecule has 2 aromatic carbocycles. The van der Waals surface area contributed by atoms with E-state index in [1.54, 1.807) is 29.2 Å². The largest absolute Gasteiger partial charge is 0.492 e. The summed E-state index contributed by atoms with van der Waals surface area (Å²) >= 11 is 0. The number of benzene rings is 2. The van der Waals surface area contributed by atoms with Gasteiger partial charge in [-0.1, -0.05) is 6.07 Å². The lowest BCUT2D eigenvalue weighted by Crippen LogP contribution is -2.49. The zero-order valence-electron chi connectivity index (χ0n) is 13.8. The Bertz CT molecular complexity index is 714. The highest BCUT2D eigenvalue weighted by Gasteiger charge is 2.22. The Morgan fingerprint density at radius 1 is 0.960 bits per heavy atom. The Hall–Kier alpha value is -2.47. The number of piperazine rings is 1. The fourth-order valence-corrected chi connectivity index (χ4v) is 2.80. The van der Waals surface area contributed by atoms with Gasteiger partial charge >= 0.3 is 0 Å². The third kappa shape index (κ3) is 4.76. The number of hydrogen-bond acceptors (Lipinski definition) is 3. The molecule has 0 atom stereocenters. The van der Waals surface area contributed by atoms with Crippen LogP contribution in [0.4, 0.5) is 8.78 Å². The number of nitrogens with zero attached hydrogens (tertiary/aromatic N) is 2. The van der Waals surface area contributed by atoms with Crippen LogP contribution in [0.3, 0.4) is 0 Å². The summed E-state index contributed by atoms with van der Waals surface area (Å²) in [6.07, 6.45) is 0. The van der Waals surface area contributed by atoms with Crippen molar-refractivity contribution in [1.82, 2.24) is 9.80 Å². The molecule has 0 aliphatic carbocycles. The molecule has 1 saturated heterocycles. The fraction of sp³-hybridized carbons (Fsp3) is 0.316. The second kappa shape index (κ2) is 8.07. The molecule has 0 spiro atoms. The van der Waals surface area contributed by atoms with E-state index >= 15 is 0 Å². The molecule has 1 amide bonds. The van der Waals surface area contributed by atoms with Crippen molar-refractivity contribution in [3.05, 3.63) is 65.7 Å². The lowest BCUT2D eigenvalue weighted by atomic mass is 10.1. The monoisotopic (exact) mass is 346 g/mol. The Morgan fingerprint density at radius 3 is 2.36 bits per heavy atom. The minimum Gasteiger partial charge on any atom is -0.492 e. The van der Waals surface area contributed by atoms with E-state index in [2.05, 4.69) is 4.90 Å². The number of carbonyl (C=O) groups excluding carboxylic acids is 1.